The lowest BCUT2D eigenvalue weighted by Gasteiger charge is -2.08. The molecule has 23 heavy (non-hydrogen) atoms. The molecule has 0 saturated heterocycles. The van der Waals surface area contributed by atoms with Crippen molar-refractivity contribution in [1.82, 2.24) is 0 Å². The van der Waals surface area contributed by atoms with Gasteiger partial charge in [0.15, 0.2) is 4.62 Å². The van der Waals surface area contributed by atoms with Crippen molar-refractivity contribution in [2.75, 3.05) is 10.7 Å². The van der Waals surface area contributed by atoms with Gasteiger partial charge in [-0.2, -0.15) is 18.3 Å². The Bertz CT molecular complexity index is 717. The van der Waals surface area contributed by atoms with Crippen LogP contribution in [0.2, 0.25) is 0 Å². The van der Waals surface area contributed by atoms with Crippen LogP contribution in [0.3, 0.4) is 0 Å². The highest BCUT2D eigenvalue weighted by atomic mass is 79.9. The Morgan fingerprint density at radius 1 is 1.00 bits per heavy atom. The van der Waals surface area contributed by atoms with E-state index in [0.29, 0.717) is 5.69 Å². The van der Waals surface area contributed by atoms with Crippen LogP contribution in [0.25, 0.3) is 0 Å². The van der Waals surface area contributed by atoms with E-state index < -0.39 is 17.6 Å². The molecule has 2 rings (SSSR count). The summed E-state index contributed by atoms with van der Waals surface area (Å²) in [5.41, 5.74) is 2.29. The van der Waals surface area contributed by atoms with Crippen molar-refractivity contribution in [1.29, 1.82) is 0 Å². The van der Waals surface area contributed by atoms with Crippen LogP contribution in [0.1, 0.15) is 5.56 Å². The second kappa shape index (κ2) is 7.28. The van der Waals surface area contributed by atoms with E-state index in [1.165, 1.54) is 12.1 Å². The Kier molecular flexibility index (Phi) is 5.38. The molecule has 0 heterocycles. The Hall–Kier alpha value is -2.35. The highest BCUT2D eigenvalue weighted by Crippen LogP contribution is 2.30. The summed E-state index contributed by atoms with van der Waals surface area (Å²) in [5, 5.41) is 6.29. The van der Waals surface area contributed by atoms with Gasteiger partial charge in [-0.25, -0.2) is 0 Å². The third kappa shape index (κ3) is 5.10. The number of anilines is 2. The number of rotatable bonds is 4. The van der Waals surface area contributed by atoms with E-state index in [0.717, 1.165) is 12.1 Å². The van der Waals surface area contributed by atoms with Crippen molar-refractivity contribution in [3.8, 4) is 0 Å². The van der Waals surface area contributed by atoms with Crippen LogP contribution in [0.15, 0.2) is 59.7 Å². The van der Waals surface area contributed by atoms with E-state index in [1.807, 2.05) is 0 Å². The van der Waals surface area contributed by atoms with Crippen LogP contribution in [0.5, 0.6) is 0 Å². The van der Waals surface area contributed by atoms with Gasteiger partial charge in [0.2, 0.25) is 0 Å². The first-order valence-corrected chi connectivity index (χ1v) is 7.18. The number of hydrazone groups is 1. The number of hydrogen-bond acceptors (Lipinski definition) is 3. The molecule has 120 valence electrons. The molecule has 8 heteroatoms. The fourth-order valence-corrected chi connectivity index (χ4v) is 1.82. The van der Waals surface area contributed by atoms with Crippen molar-refractivity contribution < 1.29 is 18.0 Å². The number of alkyl halides is 3. The molecule has 0 radical (unpaired) electrons. The van der Waals surface area contributed by atoms with Gasteiger partial charge in [0, 0.05) is 5.69 Å². The van der Waals surface area contributed by atoms with Crippen LogP contribution < -0.4 is 10.7 Å². The lowest BCUT2D eigenvalue weighted by atomic mass is 10.2. The molecule has 2 aromatic rings. The van der Waals surface area contributed by atoms with E-state index in [9.17, 15) is 18.0 Å². The standard InChI is InChI=1S/C15H11BrF3N3O/c16-13(14(23)20-11-6-2-1-3-7-11)22-21-12-8-4-5-10(9-12)15(17,18)19/h1-9,21H,(H,20,23)/b22-13-. The molecule has 0 aromatic heterocycles. The van der Waals surface area contributed by atoms with Crippen LogP contribution in [0, 0.1) is 0 Å². The minimum atomic E-state index is -4.44. The second-order valence-electron chi connectivity index (χ2n) is 4.41. The average Bonchev–Trinajstić information content (AvgIpc) is 2.53. The molecule has 2 aromatic carbocycles. The van der Waals surface area contributed by atoms with Crippen molar-refractivity contribution in [3.05, 3.63) is 60.2 Å². The fraction of sp³-hybridized carbons (Fsp3) is 0.0667. The number of benzene rings is 2. The lowest BCUT2D eigenvalue weighted by molar-refractivity contribution is -0.137. The molecule has 2 N–H and O–H groups in total. The second-order valence-corrected chi connectivity index (χ2v) is 5.16. The van der Waals surface area contributed by atoms with Gasteiger partial charge in [-0.15, -0.1) is 0 Å². The SMILES string of the molecule is O=C(Nc1ccccc1)/C(Br)=N/Nc1cccc(C(F)(F)F)c1. The summed E-state index contributed by atoms with van der Waals surface area (Å²) in [6.45, 7) is 0. The van der Waals surface area contributed by atoms with Crippen LogP contribution in [-0.4, -0.2) is 10.5 Å². The van der Waals surface area contributed by atoms with Gasteiger partial charge in [0.25, 0.3) is 5.91 Å². The Labute approximate surface area is 138 Å². The number of nitrogens with zero attached hydrogens (tertiary/aromatic N) is 1. The molecule has 4 nitrogen and oxygen atoms in total. The van der Waals surface area contributed by atoms with E-state index >= 15 is 0 Å². The van der Waals surface area contributed by atoms with E-state index in [1.54, 1.807) is 30.3 Å². The molecule has 0 bridgehead atoms. The smallest absolute Gasteiger partial charge is 0.320 e. The van der Waals surface area contributed by atoms with Crippen molar-refractivity contribution >= 4 is 37.8 Å². The number of carbonyl (C=O) groups is 1. The maximum atomic E-state index is 12.6. The van der Waals surface area contributed by atoms with E-state index in [-0.39, 0.29) is 10.3 Å². The predicted octanol–water partition coefficient (Wildman–Crippen LogP) is 4.46. The zero-order chi connectivity index (χ0) is 16.9. The Morgan fingerprint density at radius 3 is 2.30 bits per heavy atom. The van der Waals surface area contributed by atoms with Gasteiger partial charge in [0.05, 0.1) is 11.3 Å². The van der Waals surface area contributed by atoms with E-state index in [4.69, 9.17) is 0 Å². The first-order valence-electron chi connectivity index (χ1n) is 6.39. The minimum Gasteiger partial charge on any atom is -0.320 e. The van der Waals surface area contributed by atoms with Gasteiger partial charge in [0.1, 0.15) is 0 Å². The summed E-state index contributed by atoms with van der Waals surface area (Å²) >= 11 is 2.97. The summed E-state index contributed by atoms with van der Waals surface area (Å²) < 4.78 is 37.7. The molecule has 0 aliphatic heterocycles. The highest BCUT2D eigenvalue weighted by Gasteiger charge is 2.30. The molecule has 0 atom stereocenters. The molecule has 0 spiro atoms. The number of nitrogens with one attached hydrogen (secondary N) is 2. The summed E-state index contributed by atoms with van der Waals surface area (Å²) in [4.78, 5) is 11.9. The zero-order valence-corrected chi connectivity index (χ0v) is 13.1. The van der Waals surface area contributed by atoms with Crippen LogP contribution in [-0.2, 0) is 11.0 Å². The first-order chi connectivity index (χ1) is 10.9. The van der Waals surface area contributed by atoms with Crippen LogP contribution >= 0.6 is 15.9 Å². The topological polar surface area (TPSA) is 53.5 Å². The molecule has 0 aliphatic carbocycles. The summed E-state index contributed by atoms with van der Waals surface area (Å²) in [5.74, 6) is -0.532. The summed E-state index contributed by atoms with van der Waals surface area (Å²) in [7, 11) is 0. The quantitative estimate of drug-likeness (QED) is 0.602. The monoisotopic (exact) mass is 385 g/mol. The molecule has 0 saturated carbocycles. The number of amides is 1. The number of carbonyl (C=O) groups excluding carboxylic acids is 1. The third-order valence-corrected chi connectivity index (χ3v) is 3.23. The molecule has 0 unspecified atom stereocenters. The molecule has 0 aliphatic rings. The Morgan fingerprint density at radius 2 is 1.65 bits per heavy atom. The van der Waals surface area contributed by atoms with E-state index in [2.05, 4.69) is 31.8 Å². The maximum absolute atomic E-state index is 12.6. The normalized spacial score (nSPS) is 11.9. The number of hydrogen-bond donors (Lipinski definition) is 2. The van der Waals surface area contributed by atoms with Gasteiger partial charge >= 0.3 is 6.18 Å². The van der Waals surface area contributed by atoms with Crippen molar-refractivity contribution in [3.63, 3.8) is 0 Å². The maximum Gasteiger partial charge on any atom is 0.416 e. The zero-order valence-electron chi connectivity index (χ0n) is 11.6. The fourth-order valence-electron chi connectivity index (χ4n) is 1.63. The highest BCUT2D eigenvalue weighted by molar-refractivity contribution is 9.19. The predicted molar refractivity (Wildman–Crippen MR) is 86.5 cm³/mol. The van der Waals surface area contributed by atoms with Gasteiger partial charge < -0.3 is 5.32 Å². The van der Waals surface area contributed by atoms with Crippen LogP contribution in [0.4, 0.5) is 24.5 Å². The molecular formula is C15H11BrF3N3O. The average molecular weight is 386 g/mol. The Balaban J connectivity index is 2.03. The number of halogens is 4. The van der Waals surface area contributed by atoms with Gasteiger partial charge in [-0.05, 0) is 46.3 Å². The number of para-hydroxylation sites is 1. The van der Waals surface area contributed by atoms with Gasteiger partial charge in [-0.3, -0.25) is 10.2 Å². The first kappa shape index (κ1) is 17.0. The van der Waals surface area contributed by atoms with Crippen molar-refractivity contribution in [2.24, 2.45) is 5.10 Å². The third-order valence-electron chi connectivity index (χ3n) is 2.69. The summed E-state index contributed by atoms with van der Waals surface area (Å²) in [6, 6.07) is 13.2. The molecule has 0 fully saturated rings. The minimum absolute atomic E-state index is 0.0984. The lowest BCUT2D eigenvalue weighted by Crippen LogP contribution is -2.19. The van der Waals surface area contributed by atoms with Gasteiger partial charge in [-0.1, -0.05) is 24.3 Å². The summed E-state index contributed by atoms with van der Waals surface area (Å²) in [6.07, 6.45) is -4.44. The van der Waals surface area contributed by atoms with Crippen molar-refractivity contribution in [2.45, 2.75) is 6.18 Å². The molecule has 1 amide bonds. The largest absolute Gasteiger partial charge is 0.416 e. The molecular weight excluding hydrogens is 375 g/mol.